The van der Waals surface area contributed by atoms with Crippen molar-refractivity contribution in [3.63, 3.8) is 0 Å². The van der Waals surface area contributed by atoms with Crippen LogP contribution in [0.1, 0.15) is 0 Å². The molecule has 0 aromatic carbocycles. The van der Waals surface area contributed by atoms with Gasteiger partial charge >= 0.3 is 0 Å². The average Bonchev–Trinajstić information content (AvgIpc) is 0. The minimum Gasteiger partial charge on any atom is -1.00 e. The zero-order valence-electron chi connectivity index (χ0n) is 2.22. The van der Waals surface area contributed by atoms with E-state index in [9.17, 15) is 0 Å². The molecule has 0 aromatic heterocycles. The van der Waals surface area contributed by atoms with Crippen molar-refractivity contribution in [2.75, 3.05) is 0 Å². The molecule has 0 saturated heterocycles. The molecule has 5 heavy (non-hydrogen) atoms. The summed E-state index contributed by atoms with van der Waals surface area (Å²) in [6.07, 6.45) is 0. The first-order chi connectivity index (χ1) is 0. The largest absolute Gasteiger partial charge is 1.00 e. The number of hydrogen-bond acceptors (Lipinski definition) is 0. The Morgan fingerprint density at radius 3 is 0.400 bits per heavy atom. The summed E-state index contributed by atoms with van der Waals surface area (Å²) in [5, 5.41) is 0. The van der Waals surface area contributed by atoms with Gasteiger partial charge in [-0.1, -0.05) is 0 Å². The molecular formula is F4Hg-4. The molecule has 0 heterocycles. The second-order valence-corrected chi connectivity index (χ2v) is 0. The van der Waals surface area contributed by atoms with E-state index in [0.717, 1.165) is 0 Å². The Morgan fingerprint density at radius 1 is 0.400 bits per heavy atom. The van der Waals surface area contributed by atoms with Crippen LogP contribution < -0.4 is 18.8 Å². The summed E-state index contributed by atoms with van der Waals surface area (Å²) in [4.78, 5) is 0. The maximum Gasteiger partial charge on any atom is 0 e. The van der Waals surface area contributed by atoms with Crippen LogP contribution in [0.4, 0.5) is 0 Å². The van der Waals surface area contributed by atoms with Crippen molar-refractivity contribution in [2.45, 2.75) is 0 Å². The Bertz CT molecular complexity index is 3.61. The van der Waals surface area contributed by atoms with Gasteiger partial charge in [0.05, 0.1) is 0 Å². The molecule has 0 N–H and O–H groups in total. The third-order valence-electron chi connectivity index (χ3n) is 0. The van der Waals surface area contributed by atoms with Gasteiger partial charge in [0.15, 0.2) is 0 Å². The van der Waals surface area contributed by atoms with Crippen LogP contribution in [0.3, 0.4) is 0 Å². The molecule has 5 heteroatoms. The number of halogens is 4. The predicted molar refractivity (Wildman–Crippen MR) is 0 cm³/mol. The average molecular weight is 277 g/mol. The van der Waals surface area contributed by atoms with E-state index in [1.54, 1.807) is 0 Å². The first-order valence-electron chi connectivity index (χ1n) is 0. The SMILES string of the molecule is [F-].[F-].[F-].[F-].[Hg]. The van der Waals surface area contributed by atoms with Crippen molar-refractivity contribution in [3.8, 4) is 0 Å². The number of hydrogen-bond donors (Lipinski definition) is 0. The maximum absolute atomic E-state index is 0. The second-order valence-electron chi connectivity index (χ2n) is 0. The molecule has 0 spiro atoms. The monoisotopic (exact) mass is 278 g/mol. The third kappa shape index (κ3) is 76.5. The minimum absolute atomic E-state index is 0. The Balaban J connectivity index is 0. The Hall–Kier alpha value is 0.655. The molecule has 0 aliphatic heterocycles. The molecule has 34 valence electrons. The normalized spacial score (nSPS) is 0. The zero-order valence-corrected chi connectivity index (χ0v) is 7.72. The van der Waals surface area contributed by atoms with Crippen molar-refractivity contribution < 1.29 is 46.5 Å². The summed E-state index contributed by atoms with van der Waals surface area (Å²) in [5.41, 5.74) is 0. The van der Waals surface area contributed by atoms with E-state index in [0.29, 0.717) is 0 Å². The summed E-state index contributed by atoms with van der Waals surface area (Å²) >= 11 is 0. The summed E-state index contributed by atoms with van der Waals surface area (Å²) in [5.74, 6) is 0. The van der Waals surface area contributed by atoms with E-state index in [4.69, 9.17) is 0 Å². The predicted octanol–water partition coefficient (Wildman–Crippen LogP) is -12.0. The fourth-order valence-corrected chi connectivity index (χ4v) is 0. The van der Waals surface area contributed by atoms with Crippen LogP contribution in [-0.2, 0) is 27.7 Å². The molecule has 0 nitrogen and oxygen atoms in total. The van der Waals surface area contributed by atoms with Gasteiger partial charge in [0, 0.05) is 27.7 Å². The quantitative estimate of drug-likeness (QED) is 0.305. The van der Waals surface area contributed by atoms with Crippen LogP contribution in [0.5, 0.6) is 0 Å². The van der Waals surface area contributed by atoms with Crippen LogP contribution in [0.15, 0.2) is 0 Å². The van der Waals surface area contributed by atoms with E-state index >= 15 is 0 Å². The molecule has 0 amide bonds. The molecule has 0 rings (SSSR count). The van der Waals surface area contributed by atoms with Crippen molar-refractivity contribution in [1.29, 1.82) is 0 Å². The zero-order chi connectivity index (χ0) is 0. The Morgan fingerprint density at radius 2 is 0.400 bits per heavy atom. The van der Waals surface area contributed by atoms with E-state index in [1.807, 2.05) is 0 Å². The molecule has 0 aliphatic rings. The summed E-state index contributed by atoms with van der Waals surface area (Å²) in [6.45, 7) is 0. The molecule has 0 aliphatic carbocycles. The van der Waals surface area contributed by atoms with Gasteiger partial charge in [-0.05, 0) is 0 Å². The maximum atomic E-state index is 0. The standard InChI is InChI=1S/4FH.Hg/h4*1H;/p-4. The topological polar surface area (TPSA) is 0 Å². The van der Waals surface area contributed by atoms with Gasteiger partial charge < -0.3 is 18.8 Å². The second kappa shape index (κ2) is 145. The van der Waals surface area contributed by atoms with E-state index < -0.39 is 0 Å². The van der Waals surface area contributed by atoms with Gasteiger partial charge in [-0.15, -0.1) is 0 Å². The molecule has 0 aromatic rings. The smallest absolute Gasteiger partial charge is 0 e. The van der Waals surface area contributed by atoms with Gasteiger partial charge in [0.2, 0.25) is 0 Å². The van der Waals surface area contributed by atoms with Crippen molar-refractivity contribution in [3.05, 3.63) is 0 Å². The number of rotatable bonds is 0. The Kier molecular flexibility index (Phi) is 8280. The van der Waals surface area contributed by atoms with Crippen LogP contribution in [-0.4, -0.2) is 0 Å². The van der Waals surface area contributed by atoms with Gasteiger partial charge in [0.1, 0.15) is 0 Å². The Labute approximate surface area is 46.9 Å². The van der Waals surface area contributed by atoms with Gasteiger partial charge in [-0.25, -0.2) is 0 Å². The first-order valence-corrected chi connectivity index (χ1v) is 0. The molecule has 0 fully saturated rings. The van der Waals surface area contributed by atoms with Crippen LogP contribution in [0.2, 0.25) is 0 Å². The first kappa shape index (κ1) is 286. The molecule has 0 saturated carbocycles. The summed E-state index contributed by atoms with van der Waals surface area (Å²) < 4.78 is 0. The van der Waals surface area contributed by atoms with Crippen molar-refractivity contribution in [2.24, 2.45) is 0 Å². The summed E-state index contributed by atoms with van der Waals surface area (Å²) in [7, 11) is 0. The third-order valence-corrected chi connectivity index (χ3v) is 0. The molecule has 0 atom stereocenters. The fourth-order valence-electron chi connectivity index (χ4n) is 0. The van der Waals surface area contributed by atoms with E-state index in [2.05, 4.69) is 0 Å². The van der Waals surface area contributed by atoms with Crippen molar-refractivity contribution >= 4 is 0 Å². The molecule has 0 bridgehead atoms. The van der Waals surface area contributed by atoms with Gasteiger partial charge in [0.25, 0.3) is 0 Å². The van der Waals surface area contributed by atoms with Gasteiger partial charge in [-0.2, -0.15) is 0 Å². The van der Waals surface area contributed by atoms with Crippen LogP contribution in [0.25, 0.3) is 0 Å². The van der Waals surface area contributed by atoms with E-state index in [1.165, 1.54) is 0 Å². The van der Waals surface area contributed by atoms with E-state index in [-0.39, 0.29) is 46.5 Å². The van der Waals surface area contributed by atoms with Crippen molar-refractivity contribution in [1.82, 2.24) is 0 Å². The minimum atomic E-state index is 0. The van der Waals surface area contributed by atoms with Crippen LogP contribution in [0, 0.1) is 0 Å². The molecular weight excluding hydrogens is 277 g/mol. The fraction of sp³-hybridized carbons (Fsp3) is 0. The molecule has 0 unspecified atom stereocenters. The molecule has 0 radical (unpaired) electrons. The van der Waals surface area contributed by atoms with Crippen LogP contribution >= 0.6 is 0 Å². The van der Waals surface area contributed by atoms with Gasteiger partial charge in [-0.3, -0.25) is 0 Å². The summed E-state index contributed by atoms with van der Waals surface area (Å²) in [6, 6.07) is 0.